The summed E-state index contributed by atoms with van der Waals surface area (Å²) in [5, 5.41) is 21.0. The molecule has 0 unspecified atom stereocenters. The number of carbonyl (C=O) groups excluding carboxylic acids is 1. The van der Waals surface area contributed by atoms with Crippen LogP contribution in [0.15, 0.2) is 36.4 Å². The molecule has 0 fully saturated rings. The summed E-state index contributed by atoms with van der Waals surface area (Å²) >= 11 is 0. The van der Waals surface area contributed by atoms with Crippen LogP contribution in [0.4, 0.5) is 0 Å². The number of rotatable bonds is 3. The fourth-order valence-corrected chi connectivity index (χ4v) is 3.01. The molecule has 2 aromatic rings. The number of phenolic OH excluding ortho intramolecular Hbond substituents is 2. The van der Waals surface area contributed by atoms with Crippen molar-refractivity contribution in [2.75, 3.05) is 0 Å². The van der Waals surface area contributed by atoms with Gasteiger partial charge in [0.2, 0.25) is 5.91 Å². The zero-order chi connectivity index (χ0) is 20.6. The standard InChI is InChI=1S/C23H29NO3/c1-22(2,3)15-11-18(23(4,5)6)21(19(26)12-15)17-13-16(25)9-7-14(17)8-10-20(24)27/h7-13,25-26H,1-6H3,(H2,24,27)/b10-8+. The highest BCUT2D eigenvalue weighted by atomic mass is 16.3. The lowest BCUT2D eigenvalue weighted by atomic mass is 9.76. The van der Waals surface area contributed by atoms with Gasteiger partial charge in [-0.05, 0) is 57.4 Å². The molecule has 4 nitrogen and oxygen atoms in total. The number of benzene rings is 2. The first-order valence-corrected chi connectivity index (χ1v) is 8.99. The van der Waals surface area contributed by atoms with Crippen molar-refractivity contribution < 1.29 is 15.0 Å². The Morgan fingerprint density at radius 2 is 1.59 bits per heavy atom. The monoisotopic (exact) mass is 367 g/mol. The molecule has 2 aromatic carbocycles. The Hall–Kier alpha value is -2.75. The van der Waals surface area contributed by atoms with Gasteiger partial charge in [-0.25, -0.2) is 0 Å². The van der Waals surface area contributed by atoms with Crippen LogP contribution in [-0.2, 0) is 15.6 Å². The molecule has 4 heteroatoms. The fraction of sp³-hybridized carbons (Fsp3) is 0.348. The number of hydrogen-bond acceptors (Lipinski definition) is 3. The maximum Gasteiger partial charge on any atom is 0.241 e. The molecule has 4 N–H and O–H groups in total. The van der Waals surface area contributed by atoms with Crippen molar-refractivity contribution in [2.45, 2.75) is 52.4 Å². The van der Waals surface area contributed by atoms with Crippen LogP contribution >= 0.6 is 0 Å². The highest BCUT2D eigenvalue weighted by Crippen LogP contribution is 2.44. The van der Waals surface area contributed by atoms with E-state index in [0.29, 0.717) is 16.7 Å². The lowest BCUT2D eigenvalue weighted by Gasteiger charge is -2.29. The van der Waals surface area contributed by atoms with Gasteiger partial charge in [0.15, 0.2) is 0 Å². The first-order chi connectivity index (χ1) is 12.3. The quantitative estimate of drug-likeness (QED) is 0.678. The molecule has 0 atom stereocenters. The molecule has 27 heavy (non-hydrogen) atoms. The van der Waals surface area contributed by atoms with E-state index in [0.717, 1.165) is 11.1 Å². The highest BCUT2D eigenvalue weighted by molar-refractivity contribution is 5.93. The number of nitrogens with two attached hydrogens (primary N) is 1. The van der Waals surface area contributed by atoms with Gasteiger partial charge in [0.05, 0.1) is 0 Å². The molecular formula is C23H29NO3. The minimum absolute atomic E-state index is 0.0837. The average Bonchev–Trinajstić information content (AvgIpc) is 2.51. The summed E-state index contributed by atoms with van der Waals surface area (Å²) in [6.45, 7) is 12.5. The lowest BCUT2D eigenvalue weighted by molar-refractivity contribution is -0.113. The maximum absolute atomic E-state index is 11.2. The topological polar surface area (TPSA) is 83.6 Å². The first-order valence-electron chi connectivity index (χ1n) is 8.99. The summed E-state index contributed by atoms with van der Waals surface area (Å²) in [4.78, 5) is 11.2. The number of aromatic hydroxyl groups is 2. The second-order valence-corrected chi connectivity index (χ2v) is 8.93. The second-order valence-electron chi connectivity index (χ2n) is 8.93. The van der Waals surface area contributed by atoms with Gasteiger partial charge in [0, 0.05) is 11.6 Å². The zero-order valence-corrected chi connectivity index (χ0v) is 16.9. The fourth-order valence-electron chi connectivity index (χ4n) is 3.01. The smallest absolute Gasteiger partial charge is 0.241 e. The summed E-state index contributed by atoms with van der Waals surface area (Å²) in [5.41, 5.74) is 8.85. The van der Waals surface area contributed by atoms with Crippen LogP contribution in [-0.4, -0.2) is 16.1 Å². The summed E-state index contributed by atoms with van der Waals surface area (Å²) in [6, 6.07) is 8.73. The minimum atomic E-state index is -0.558. The van der Waals surface area contributed by atoms with Crippen LogP contribution in [0.2, 0.25) is 0 Å². The van der Waals surface area contributed by atoms with Crippen LogP contribution in [0, 0.1) is 0 Å². The Bertz CT molecular complexity index is 897. The molecule has 0 saturated heterocycles. The molecule has 0 aromatic heterocycles. The number of phenols is 2. The normalized spacial score (nSPS) is 12.5. The largest absolute Gasteiger partial charge is 0.508 e. The van der Waals surface area contributed by atoms with E-state index in [2.05, 4.69) is 47.6 Å². The Labute approximate surface area is 161 Å². The van der Waals surface area contributed by atoms with Crippen molar-refractivity contribution in [2.24, 2.45) is 5.73 Å². The molecule has 2 rings (SSSR count). The summed E-state index contributed by atoms with van der Waals surface area (Å²) < 4.78 is 0. The van der Waals surface area contributed by atoms with Gasteiger partial charge in [-0.3, -0.25) is 4.79 Å². The van der Waals surface area contributed by atoms with Crippen LogP contribution in [0.25, 0.3) is 17.2 Å². The van der Waals surface area contributed by atoms with E-state index < -0.39 is 5.91 Å². The minimum Gasteiger partial charge on any atom is -0.508 e. The van der Waals surface area contributed by atoms with Gasteiger partial charge in [0.1, 0.15) is 11.5 Å². The number of primary amides is 1. The van der Waals surface area contributed by atoms with Gasteiger partial charge in [-0.15, -0.1) is 0 Å². The van der Waals surface area contributed by atoms with E-state index in [1.807, 2.05) is 0 Å². The first kappa shape index (κ1) is 20.6. The molecular weight excluding hydrogens is 338 g/mol. The van der Waals surface area contributed by atoms with Gasteiger partial charge in [-0.1, -0.05) is 53.7 Å². The molecule has 0 aliphatic carbocycles. The molecule has 0 aliphatic rings. The zero-order valence-electron chi connectivity index (χ0n) is 16.9. The van der Waals surface area contributed by atoms with Gasteiger partial charge < -0.3 is 15.9 Å². The Kier molecular flexibility index (Phi) is 5.41. The van der Waals surface area contributed by atoms with E-state index in [-0.39, 0.29) is 22.3 Å². The Balaban J connectivity index is 2.87. The van der Waals surface area contributed by atoms with E-state index in [4.69, 9.17) is 5.73 Å². The second kappa shape index (κ2) is 7.10. The predicted molar refractivity (Wildman–Crippen MR) is 111 cm³/mol. The summed E-state index contributed by atoms with van der Waals surface area (Å²) in [7, 11) is 0. The van der Waals surface area contributed by atoms with Gasteiger partial charge in [0.25, 0.3) is 0 Å². The average molecular weight is 367 g/mol. The van der Waals surface area contributed by atoms with Crippen LogP contribution in [0.3, 0.4) is 0 Å². The van der Waals surface area contributed by atoms with E-state index in [9.17, 15) is 15.0 Å². The van der Waals surface area contributed by atoms with E-state index in [1.165, 1.54) is 6.08 Å². The van der Waals surface area contributed by atoms with Crippen LogP contribution in [0.1, 0.15) is 58.2 Å². The number of amides is 1. The number of carbonyl (C=O) groups is 1. The third-order valence-corrected chi connectivity index (χ3v) is 4.52. The third kappa shape index (κ3) is 4.70. The van der Waals surface area contributed by atoms with Crippen molar-refractivity contribution in [3.05, 3.63) is 53.1 Å². The third-order valence-electron chi connectivity index (χ3n) is 4.52. The molecule has 0 radical (unpaired) electrons. The molecule has 144 valence electrons. The van der Waals surface area contributed by atoms with Crippen molar-refractivity contribution >= 4 is 12.0 Å². The Morgan fingerprint density at radius 1 is 0.963 bits per heavy atom. The van der Waals surface area contributed by atoms with E-state index in [1.54, 1.807) is 30.3 Å². The molecule has 1 amide bonds. The molecule has 0 heterocycles. The van der Waals surface area contributed by atoms with E-state index >= 15 is 0 Å². The molecule has 0 aliphatic heterocycles. The maximum atomic E-state index is 11.2. The SMILES string of the molecule is CC(C)(C)c1cc(O)c(-c2cc(O)ccc2/C=C/C(N)=O)c(C(C)(C)C)c1. The van der Waals surface area contributed by atoms with Crippen LogP contribution in [0.5, 0.6) is 11.5 Å². The number of hydrogen-bond donors (Lipinski definition) is 3. The van der Waals surface area contributed by atoms with Crippen molar-refractivity contribution in [1.82, 2.24) is 0 Å². The highest BCUT2D eigenvalue weighted by Gasteiger charge is 2.26. The summed E-state index contributed by atoms with van der Waals surface area (Å²) in [6.07, 6.45) is 2.87. The van der Waals surface area contributed by atoms with Crippen LogP contribution < -0.4 is 5.73 Å². The summed E-state index contributed by atoms with van der Waals surface area (Å²) in [5.74, 6) is -0.329. The van der Waals surface area contributed by atoms with Crippen molar-refractivity contribution in [3.63, 3.8) is 0 Å². The van der Waals surface area contributed by atoms with Gasteiger partial charge in [-0.2, -0.15) is 0 Å². The van der Waals surface area contributed by atoms with Gasteiger partial charge >= 0.3 is 0 Å². The molecule has 0 saturated carbocycles. The Morgan fingerprint density at radius 3 is 2.11 bits per heavy atom. The lowest BCUT2D eigenvalue weighted by Crippen LogP contribution is -2.17. The van der Waals surface area contributed by atoms with Crippen molar-refractivity contribution in [3.8, 4) is 22.6 Å². The molecule has 0 bridgehead atoms. The molecule has 0 spiro atoms. The van der Waals surface area contributed by atoms with Crippen molar-refractivity contribution in [1.29, 1.82) is 0 Å². The predicted octanol–water partition coefficient (Wildman–Crippen LogP) is 4.86.